The van der Waals surface area contributed by atoms with Crippen molar-refractivity contribution in [2.24, 2.45) is 0 Å². The van der Waals surface area contributed by atoms with Crippen LogP contribution in [0.2, 0.25) is 0 Å². The Labute approximate surface area is 121 Å². The molecule has 2 nitrogen and oxygen atoms in total. The highest BCUT2D eigenvalue weighted by atomic mass is 19.1. The maximum absolute atomic E-state index is 13.0. The van der Waals surface area contributed by atoms with Crippen LogP contribution in [0.15, 0.2) is 48.5 Å². The summed E-state index contributed by atoms with van der Waals surface area (Å²) in [5.74, 6) is -0.902. The van der Waals surface area contributed by atoms with Gasteiger partial charge in [0.05, 0.1) is 5.54 Å². The monoisotopic (exact) mass is 287 g/mol. The molecule has 2 aromatic carbocycles. The van der Waals surface area contributed by atoms with Crippen LogP contribution in [0.1, 0.15) is 35.2 Å². The second-order valence-corrected chi connectivity index (χ2v) is 5.40. The number of rotatable bonds is 3. The maximum atomic E-state index is 13.0. The van der Waals surface area contributed by atoms with Gasteiger partial charge in [-0.15, -0.1) is 0 Å². The minimum absolute atomic E-state index is 0.237. The molecular formula is C17H15F2NO. The van der Waals surface area contributed by atoms with Crippen molar-refractivity contribution in [3.05, 3.63) is 71.3 Å². The molecule has 0 aromatic heterocycles. The lowest BCUT2D eigenvalue weighted by Crippen LogP contribution is -2.50. The van der Waals surface area contributed by atoms with E-state index in [1.54, 1.807) is 12.1 Å². The van der Waals surface area contributed by atoms with E-state index < -0.39 is 5.54 Å². The van der Waals surface area contributed by atoms with Crippen LogP contribution >= 0.6 is 0 Å². The first-order valence-electron chi connectivity index (χ1n) is 6.93. The van der Waals surface area contributed by atoms with Crippen LogP contribution in [0.25, 0.3) is 0 Å². The molecule has 1 fully saturated rings. The SMILES string of the molecule is O=C(NC1(c2ccc(F)cc2)CCC1)c1ccc(F)cc1. The Balaban J connectivity index is 1.82. The van der Waals surface area contributed by atoms with Crippen molar-refractivity contribution < 1.29 is 13.6 Å². The van der Waals surface area contributed by atoms with E-state index in [0.29, 0.717) is 5.56 Å². The second-order valence-electron chi connectivity index (χ2n) is 5.40. The predicted molar refractivity (Wildman–Crippen MR) is 75.8 cm³/mol. The summed E-state index contributed by atoms with van der Waals surface area (Å²) in [5.41, 5.74) is 0.898. The molecule has 0 bridgehead atoms. The average Bonchev–Trinajstić information content (AvgIpc) is 2.44. The summed E-state index contributed by atoms with van der Waals surface area (Å²) in [7, 11) is 0. The quantitative estimate of drug-likeness (QED) is 0.914. The molecule has 0 spiro atoms. The van der Waals surface area contributed by atoms with Gasteiger partial charge >= 0.3 is 0 Å². The Kier molecular flexibility index (Phi) is 3.45. The number of halogens is 2. The number of nitrogens with one attached hydrogen (secondary N) is 1. The summed E-state index contributed by atoms with van der Waals surface area (Å²) < 4.78 is 25.9. The third-order valence-electron chi connectivity index (χ3n) is 4.06. The highest BCUT2D eigenvalue weighted by Gasteiger charge is 2.40. The van der Waals surface area contributed by atoms with Gasteiger partial charge in [0.1, 0.15) is 11.6 Å². The van der Waals surface area contributed by atoms with Crippen LogP contribution in [0, 0.1) is 11.6 Å². The Bertz CT molecular complexity index is 645. The van der Waals surface area contributed by atoms with E-state index in [1.807, 2.05) is 0 Å². The number of benzene rings is 2. The molecule has 1 amide bonds. The predicted octanol–water partition coefficient (Wildman–Crippen LogP) is 3.77. The molecule has 1 aliphatic rings. The average molecular weight is 287 g/mol. The summed E-state index contributed by atoms with van der Waals surface area (Å²) in [4.78, 5) is 12.3. The Morgan fingerprint density at radius 1 is 0.905 bits per heavy atom. The largest absolute Gasteiger partial charge is 0.343 e. The van der Waals surface area contributed by atoms with Gasteiger partial charge in [0.25, 0.3) is 5.91 Å². The van der Waals surface area contributed by atoms with Crippen LogP contribution in [0.5, 0.6) is 0 Å². The van der Waals surface area contributed by atoms with Crippen molar-refractivity contribution in [2.45, 2.75) is 24.8 Å². The zero-order valence-corrected chi connectivity index (χ0v) is 11.4. The van der Waals surface area contributed by atoms with Crippen molar-refractivity contribution >= 4 is 5.91 Å². The third kappa shape index (κ3) is 2.66. The maximum Gasteiger partial charge on any atom is 0.251 e. The second kappa shape index (κ2) is 5.28. The summed E-state index contributed by atoms with van der Waals surface area (Å²) >= 11 is 0. The molecule has 0 unspecified atom stereocenters. The molecule has 0 aliphatic heterocycles. The number of hydrogen-bond donors (Lipinski definition) is 1. The van der Waals surface area contributed by atoms with Gasteiger partial charge in [-0.25, -0.2) is 8.78 Å². The standard InChI is InChI=1S/C17H15F2NO/c18-14-6-2-12(3-7-14)16(21)20-17(10-1-11-17)13-4-8-15(19)9-5-13/h2-9H,1,10-11H2,(H,20,21). The molecule has 108 valence electrons. The lowest BCUT2D eigenvalue weighted by atomic mass is 9.71. The van der Waals surface area contributed by atoms with Crippen molar-refractivity contribution in [1.82, 2.24) is 5.32 Å². The molecule has 2 aromatic rings. The third-order valence-corrected chi connectivity index (χ3v) is 4.06. The van der Waals surface area contributed by atoms with E-state index >= 15 is 0 Å². The van der Waals surface area contributed by atoms with Gasteiger partial charge in [-0.2, -0.15) is 0 Å². The van der Waals surface area contributed by atoms with Crippen molar-refractivity contribution in [3.8, 4) is 0 Å². The van der Waals surface area contributed by atoms with Gasteiger partial charge < -0.3 is 5.32 Å². The zero-order chi connectivity index (χ0) is 14.9. The minimum atomic E-state index is -0.431. The van der Waals surface area contributed by atoms with Gasteiger partial charge in [0.2, 0.25) is 0 Å². The molecule has 0 heterocycles. The van der Waals surface area contributed by atoms with E-state index in [9.17, 15) is 13.6 Å². The Hall–Kier alpha value is -2.23. The normalized spacial score (nSPS) is 16.1. The van der Waals surface area contributed by atoms with Gasteiger partial charge in [0.15, 0.2) is 0 Å². The van der Waals surface area contributed by atoms with Crippen molar-refractivity contribution in [3.63, 3.8) is 0 Å². The van der Waals surface area contributed by atoms with E-state index in [0.717, 1.165) is 24.8 Å². The van der Waals surface area contributed by atoms with Crippen LogP contribution < -0.4 is 5.32 Å². The summed E-state index contributed by atoms with van der Waals surface area (Å²) in [6, 6.07) is 11.7. The fraction of sp³-hybridized carbons (Fsp3) is 0.235. The lowest BCUT2D eigenvalue weighted by molar-refractivity contribution is 0.0823. The zero-order valence-electron chi connectivity index (χ0n) is 11.4. The van der Waals surface area contributed by atoms with Crippen molar-refractivity contribution in [2.75, 3.05) is 0 Å². The summed E-state index contributed by atoms with van der Waals surface area (Å²) in [6.07, 6.45) is 2.66. The van der Waals surface area contributed by atoms with E-state index in [1.165, 1.54) is 36.4 Å². The first-order valence-corrected chi connectivity index (χ1v) is 6.93. The molecule has 1 saturated carbocycles. The number of carbonyl (C=O) groups excluding carboxylic acids is 1. The molecule has 0 atom stereocenters. The molecule has 0 saturated heterocycles. The number of amides is 1. The minimum Gasteiger partial charge on any atom is -0.343 e. The summed E-state index contributed by atoms with van der Waals surface area (Å²) in [6.45, 7) is 0. The van der Waals surface area contributed by atoms with Gasteiger partial charge in [-0.05, 0) is 61.2 Å². The molecule has 4 heteroatoms. The lowest BCUT2D eigenvalue weighted by Gasteiger charge is -2.43. The van der Waals surface area contributed by atoms with E-state index in [2.05, 4.69) is 5.32 Å². The Morgan fingerprint density at radius 2 is 1.43 bits per heavy atom. The van der Waals surface area contributed by atoms with Crippen LogP contribution in [0.4, 0.5) is 8.78 Å². The van der Waals surface area contributed by atoms with Crippen LogP contribution in [-0.2, 0) is 5.54 Å². The highest BCUT2D eigenvalue weighted by Crippen LogP contribution is 2.41. The summed E-state index contributed by atoms with van der Waals surface area (Å²) in [5, 5.41) is 3.02. The smallest absolute Gasteiger partial charge is 0.251 e. The molecule has 1 aliphatic carbocycles. The fourth-order valence-electron chi connectivity index (χ4n) is 2.68. The molecule has 1 N–H and O–H groups in total. The first-order chi connectivity index (χ1) is 10.1. The fourth-order valence-corrected chi connectivity index (χ4v) is 2.68. The van der Waals surface area contributed by atoms with Gasteiger partial charge in [-0.1, -0.05) is 12.1 Å². The highest BCUT2D eigenvalue weighted by molar-refractivity contribution is 5.94. The molecule has 3 rings (SSSR count). The van der Waals surface area contributed by atoms with E-state index in [-0.39, 0.29) is 17.5 Å². The number of hydrogen-bond acceptors (Lipinski definition) is 1. The molecular weight excluding hydrogens is 272 g/mol. The first kappa shape index (κ1) is 13.7. The van der Waals surface area contributed by atoms with Crippen LogP contribution in [-0.4, -0.2) is 5.91 Å². The molecule has 0 radical (unpaired) electrons. The van der Waals surface area contributed by atoms with Gasteiger partial charge in [-0.3, -0.25) is 4.79 Å². The van der Waals surface area contributed by atoms with E-state index in [4.69, 9.17) is 0 Å². The van der Waals surface area contributed by atoms with Gasteiger partial charge in [0, 0.05) is 5.56 Å². The Morgan fingerprint density at radius 3 is 1.90 bits per heavy atom. The molecule has 21 heavy (non-hydrogen) atoms. The van der Waals surface area contributed by atoms with Crippen molar-refractivity contribution in [1.29, 1.82) is 0 Å². The topological polar surface area (TPSA) is 29.1 Å². The van der Waals surface area contributed by atoms with Crippen LogP contribution in [0.3, 0.4) is 0 Å². The number of carbonyl (C=O) groups is 1.